The van der Waals surface area contributed by atoms with E-state index < -0.39 is 6.10 Å². The molecule has 134 valence electrons. The van der Waals surface area contributed by atoms with Gasteiger partial charge in [-0.25, -0.2) is 0 Å². The molecule has 1 aromatic rings. The second kappa shape index (κ2) is 8.43. The monoisotopic (exact) mass is 333 g/mol. The molecule has 2 heterocycles. The van der Waals surface area contributed by atoms with Crippen LogP contribution in [-0.2, 0) is 9.47 Å². The fraction of sp³-hybridized carbons (Fsp3) is 0.700. The molecule has 2 fully saturated rings. The van der Waals surface area contributed by atoms with Crippen LogP contribution in [0.2, 0.25) is 0 Å². The molecule has 2 unspecified atom stereocenters. The summed E-state index contributed by atoms with van der Waals surface area (Å²) in [7, 11) is 0. The van der Waals surface area contributed by atoms with Crippen molar-refractivity contribution in [2.45, 2.75) is 57.8 Å². The first kappa shape index (κ1) is 17.9. The van der Waals surface area contributed by atoms with Gasteiger partial charge in [-0.15, -0.1) is 0 Å². The van der Waals surface area contributed by atoms with Crippen molar-refractivity contribution in [3.05, 3.63) is 34.9 Å². The van der Waals surface area contributed by atoms with Crippen LogP contribution in [0, 0.1) is 13.8 Å². The van der Waals surface area contributed by atoms with E-state index >= 15 is 0 Å². The number of piperidine rings is 1. The van der Waals surface area contributed by atoms with E-state index in [9.17, 15) is 5.11 Å². The molecule has 0 saturated carbocycles. The van der Waals surface area contributed by atoms with Gasteiger partial charge in [-0.3, -0.25) is 0 Å². The van der Waals surface area contributed by atoms with Gasteiger partial charge in [0.1, 0.15) is 0 Å². The van der Waals surface area contributed by atoms with Crippen molar-refractivity contribution in [3.63, 3.8) is 0 Å². The number of nitrogens with zero attached hydrogens (tertiary/aromatic N) is 1. The third-order valence-electron chi connectivity index (χ3n) is 5.30. The Labute approximate surface area is 145 Å². The van der Waals surface area contributed by atoms with Gasteiger partial charge in [-0.05, 0) is 50.7 Å². The Balaban J connectivity index is 1.42. The fourth-order valence-corrected chi connectivity index (χ4v) is 3.74. The van der Waals surface area contributed by atoms with Crippen LogP contribution in [0.5, 0.6) is 0 Å². The summed E-state index contributed by atoms with van der Waals surface area (Å²) in [6, 6.07) is 6.30. The number of aliphatic hydroxyl groups excluding tert-OH is 1. The Bertz CT molecular complexity index is 520. The van der Waals surface area contributed by atoms with E-state index in [-0.39, 0.29) is 0 Å². The van der Waals surface area contributed by atoms with E-state index in [1.54, 1.807) is 0 Å². The quantitative estimate of drug-likeness (QED) is 0.869. The predicted molar refractivity (Wildman–Crippen MR) is 95.3 cm³/mol. The van der Waals surface area contributed by atoms with Crippen molar-refractivity contribution in [1.82, 2.24) is 4.90 Å². The lowest BCUT2D eigenvalue weighted by Gasteiger charge is -2.33. The third-order valence-corrected chi connectivity index (χ3v) is 5.30. The Morgan fingerprint density at radius 3 is 2.75 bits per heavy atom. The first-order chi connectivity index (χ1) is 11.6. The maximum Gasteiger partial charge on any atom is 0.0919 e. The normalized spacial score (nSPS) is 24.4. The van der Waals surface area contributed by atoms with Crippen molar-refractivity contribution < 1.29 is 14.6 Å². The molecule has 2 saturated heterocycles. The summed E-state index contributed by atoms with van der Waals surface area (Å²) in [4.78, 5) is 2.36. The summed E-state index contributed by atoms with van der Waals surface area (Å²) in [5.41, 5.74) is 3.44. The number of β-amino-alcohol motifs (C(OH)–C–C–N with tert-alkyl or cyclic N) is 1. The van der Waals surface area contributed by atoms with Crippen LogP contribution >= 0.6 is 0 Å². The SMILES string of the molecule is Cc1ccc(C)c(C(O)CN2CCC(OCC3CCCO3)CC2)c1. The second-order valence-electron chi connectivity index (χ2n) is 7.34. The molecule has 24 heavy (non-hydrogen) atoms. The number of ether oxygens (including phenoxy) is 2. The molecule has 2 aliphatic rings. The Hall–Kier alpha value is -0.940. The van der Waals surface area contributed by atoms with Gasteiger partial charge < -0.3 is 19.5 Å². The summed E-state index contributed by atoms with van der Waals surface area (Å²) in [6.07, 6.45) is 4.66. The minimum atomic E-state index is -0.408. The highest BCUT2D eigenvalue weighted by Gasteiger charge is 2.24. The topological polar surface area (TPSA) is 41.9 Å². The van der Waals surface area contributed by atoms with Crippen LogP contribution in [0.4, 0.5) is 0 Å². The zero-order valence-electron chi connectivity index (χ0n) is 15.0. The molecule has 0 amide bonds. The molecule has 0 spiro atoms. The van der Waals surface area contributed by atoms with Gasteiger partial charge in [0.05, 0.1) is 24.9 Å². The summed E-state index contributed by atoms with van der Waals surface area (Å²) in [5.74, 6) is 0. The molecule has 0 bridgehead atoms. The van der Waals surface area contributed by atoms with E-state index in [0.717, 1.165) is 51.1 Å². The molecular weight excluding hydrogens is 302 g/mol. The van der Waals surface area contributed by atoms with Crippen LogP contribution in [0.15, 0.2) is 18.2 Å². The van der Waals surface area contributed by atoms with Crippen LogP contribution in [0.25, 0.3) is 0 Å². The lowest BCUT2D eigenvalue weighted by atomic mass is 9.99. The Morgan fingerprint density at radius 1 is 1.25 bits per heavy atom. The van der Waals surface area contributed by atoms with Gasteiger partial charge >= 0.3 is 0 Å². The van der Waals surface area contributed by atoms with Gasteiger partial charge in [0.2, 0.25) is 0 Å². The van der Waals surface area contributed by atoms with Gasteiger partial charge in [0, 0.05) is 26.2 Å². The van der Waals surface area contributed by atoms with Crippen molar-refractivity contribution >= 4 is 0 Å². The number of likely N-dealkylation sites (tertiary alicyclic amines) is 1. The number of hydrogen-bond acceptors (Lipinski definition) is 4. The molecule has 2 aliphatic heterocycles. The standard InChI is InChI=1S/C20H31NO3/c1-15-5-6-16(2)19(12-15)20(22)13-21-9-7-17(8-10-21)24-14-18-4-3-11-23-18/h5-6,12,17-18,20,22H,3-4,7-11,13-14H2,1-2H3. The maximum absolute atomic E-state index is 10.6. The van der Waals surface area contributed by atoms with Crippen molar-refractivity contribution in [3.8, 4) is 0 Å². The number of aliphatic hydroxyl groups is 1. The van der Waals surface area contributed by atoms with Crippen molar-refractivity contribution in [2.75, 3.05) is 32.8 Å². The molecule has 2 atom stereocenters. The van der Waals surface area contributed by atoms with E-state index in [0.29, 0.717) is 18.8 Å². The highest BCUT2D eigenvalue weighted by molar-refractivity contribution is 5.32. The third kappa shape index (κ3) is 4.79. The highest BCUT2D eigenvalue weighted by Crippen LogP contribution is 2.23. The highest BCUT2D eigenvalue weighted by atomic mass is 16.5. The first-order valence-corrected chi connectivity index (χ1v) is 9.32. The molecular formula is C20H31NO3. The van der Waals surface area contributed by atoms with Gasteiger partial charge in [-0.1, -0.05) is 23.8 Å². The smallest absolute Gasteiger partial charge is 0.0919 e. The summed E-state index contributed by atoms with van der Waals surface area (Å²) >= 11 is 0. The molecule has 1 aromatic carbocycles. The van der Waals surface area contributed by atoms with E-state index in [1.165, 1.54) is 17.5 Å². The molecule has 1 N–H and O–H groups in total. The summed E-state index contributed by atoms with van der Waals surface area (Å²) < 4.78 is 11.6. The van der Waals surface area contributed by atoms with Crippen LogP contribution in [-0.4, -0.2) is 55.1 Å². The fourth-order valence-electron chi connectivity index (χ4n) is 3.74. The average molecular weight is 333 g/mol. The van der Waals surface area contributed by atoms with E-state index in [2.05, 4.69) is 36.9 Å². The Morgan fingerprint density at radius 2 is 2.04 bits per heavy atom. The van der Waals surface area contributed by atoms with Crippen LogP contribution in [0.3, 0.4) is 0 Å². The van der Waals surface area contributed by atoms with E-state index in [4.69, 9.17) is 9.47 Å². The number of aryl methyl sites for hydroxylation is 2. The summed E-state index contributed by atoms with van der Waals surface area (Å²) in [5, 5.41) is 10.6. The predicted octanol–water partition coefficient (Wildman–Crippen LogP) is 3.00. The molecule has 0 aromatic heterocycles. The van der Waals surface area contributed by atoms with Gasteiger partial charge in [-0.2, -0.15) is 0 Å². The molecule has 0 radical (unpaired) electrons. The van der Waals surface area contributed by atoms with Gasteiger partial charge in [0.25, 0.3) is 0 Å². The second-order valence-corrected chi connectivity index (χ2v) is 7.34. The molecule has 3 rings (SSSR count). The van der Waals surface area contributed by atoms with Crippen molar-refractivity contribution in [1.29, 1.82) is 0 Å². The molecule has 4 nitrogen and oxygen atoms in total. The largest absolute Gasteiger partial charge is 0.387 e. The molecule has 0 aliphatic carbocycles. The van der Waals surface area contributed by atoms with Crippen LogP contribution in [0.1, 0.15) is 48.5 Å². The lowest BCUT2D eigenvalue weighted by molar-refractivity contribution is -0.0453. The maximum atomic E-state index is 10.6. The zero-order chi connectivity index (χ0) is 16.9. The number of benzene rings is 1. The van der Waals surface area contributed by atoms with E-state index in [1.807, 2.05) is 0 Å². The first-order valence-electron chi connectivity index (χ1n) is 9.32. The summed E-state index contributed by atoms with van der Waals surface area (Å²) in [6.45, 7) is 8.49. The number of rotatable bonds is 6. The van der Waals surface area contributed by atoms with Crippen molar-refractivity contribution in [2.24, 2.45) is 0 Å². The molecule has 4 heteroatoms. The zero-order valence-corrected chi connectivity index (χ0v) is 15.0. The lowest BCUT2D eigenvalue weighted by Crippen LogP contribution is -2.40. The van der Waals surface area contributed by atoms with Gasteiger partial charge in [0.15, 0.2) is 0 Å². The van der Waals surface area contributed by atoms with Crippen LogP contribution < -0.4 is 0 Å². The minimum Gasteiger partial charge on any atom is -0.387 e. The number of hydrogen-bond donors (Lipinski definition) is 1. The average Bonchev–Trinajstić information content (AvgIpc) is 3.10. The minimum absolute atomic E-state index is 0.314. The Kier molecular flexibility index (Phi) is 6.28.